The molecular formula is C19H24Cl2N6O. The predicted octanol–water partition coefficient (Wildman–Crippen LogP) is 2.92. The Hall–Kier alpha value is -2.22. The third kappa shape index (κ3) is 3.83. The second kappa shape index (κ2) is 9.32. The third-order valence-corrected chi connectivity index (χ3v) is 5.14. The average Bonchev–Trinajstić information content (AvgIpc) is 3.08. The first-order valence-electron chi connectivity index (χ1n) is 8.97. The van der Waals surface area contributed by atoms with E-state index in [0.717, 1.165) is 48.0 Å². The molecule has 1 amide bonds. The molecule has 0 aliphatic carbocycles. The van der Waals surface area contributed by atoms with Crippen LogP contribution in [-0.4, -0.2) is 49.9 Å². The molecule has 0 bridgehead atoms. The molecule has 0 radical (unpaired) electrons. The zero-order valence-corrected chi connectivity index (χ0v) is 17.2. The Morgan fingerprint density at radius 1 is 1.25 bits per heavy atom. The molecule has 1 unspecified atom stereocenters. The molecule has 9 heteroatoms. The van der Waals surface area contributed by atoms with Crippen LogP contribution in [0.4, 0.5) is 0 Å². The number of pyridine rings is 1. The minimum absolute atomic E-state index is 0. The van der Waals surface area contributed by atoms with Gasteiger partial charge in [-0.2, -0.15) is 0 Å². The first-order valence-corrected chi connectivity index (χ1v) is 8.97. The van der Waals surface area contributed by atoms with Crippen molar-refractivity contribution in [1.82, 2.24) is 24.9 Å². The lowest BCUT2D eigenvalue weighted by Gasteiger charge is -2.34. The molecule has 1 aliphatic heterocycles. The van der Waals surface area contributed by atoms with E-state index in [0.29, 0.717) is 12.2 Å². The van der Waals surface area contributed by atoms with Crippen LogP contribution in [0.25, 0.3) is 16.5 Å². The van der Waals surface area contributed by atoms with E-state index in [1.54, 1.807) is 10.9 Å². The first-order chi connectivity index (χ1) is 12.7. The van der Waals surface area contributed by atoms with Gasteiger partial charge in [-0.1, -0.05) is 17.3 Å². The molecule has 1 saturated heterocycles. The maximum Gasteiger partial charge on any atom is 0.276 e. The van der Waals surface area contributed by atoms with Gasteiger partial charge in [0.05, 0.1) is 11.4 Å². The van der Waals surface area contributed by atoms with Crippen LogP contribution in [0, 0.1) is 6.92 Å². The number of likely N-dealkylation sites (tertiary alicyclic amines) is 1. The lowest BCUT2D eigenvalue weighted by molar-refractivity contribution is 0.0616. The van der Waals surface area contributed by atoms with Crippen LogP contribution in [-0.2, 0) is 0 Å². The minimum atomic E-state index is -0.0780. The molecule has 28 heavy (non-hydrogen) atoms. The van der Waals surface area contributed by atoms with Crippen molar-refractivity contribution in [2.24, 2.45) is 5.73 Å². The quantitative estimate of drug-likeness (QED) is 0.700. The van der Waals surface area contributed by atoms with Crippen molar-refractivity contribution in [2.75, 3.05) is 13.1 Å². The monoisotopic (exact) mass is 422 g/mol. The fourth-order valence-electron chi connectivity index (χ4n) is 3.69. The Balaban J connectivity index is 0.00000140. The average molecular weight is 423 g/mol. The molecule has 3 heterocycles. The highest BCUT2D eigenvalue weighted by Crippen LogP contribution is 2.24. The highest BCUT2D eigenvalue weighted by molar-refractivity contribution is 5.94. The molecule has 0 saturated carbocycles. The molecule has 1 atom stereocenters. The number of carbonyl (C=O) groups excluding carboxylic acids is 1. The molecule has 7 nitrogen and oxygen atoms in total. The number of nitrogens with zero attached hydrogens (tertiary/aromatic N) is 5. The number of fused-ring (bicyclic) bond motifs is 1. The van der Waals surface area contributed by atoms with Crippen LogP contribution in [0.5, 0.6) is 0 Å². The van der Waals surface area contributed by atoms with Gasteiger partial charge < -0.3 is 10.6 Å². The van der Waals surface area contributed by atoms with Gasteiger partial charge in [0.25, 0.3) is 5.91 Å². The number of aromatic nitrogens is 4. The number of nitrogens with two attached hydrogens (primary N) is 1. The second-order valence-corrected chi connectivity index (χ2v) is 6.69. The summed E-state index contributed by atoms with van der Waals surface area (Å²) >= 11 is 0. The van der Waals surface area contributed by atoms with E-state index in [2.05, 4.69) is 15.3 Å². The largest absolute Gasteiger partial charge is 0.333 e. The lowest BCUT2D eigenvalue weighted by atomic mass is 10.0. The molecule has 2 aromatic heterocycles. The van der Waals surface area contributed by atoms with Crippen LogP contribution >= 0.6 is 24.8 Å². The fraction of sp³-hybridized carbons (Fsp3) is 0.368. The number of hydrogen-bond acceptors (Lipinski definition) is 5. The number of rotatable bonds is 3. The van der Waals surface area contributed by atoms with Gasteiger partial charge in [0.1, 0.15) is 0 Å². The smallest absolute Gasteiger partial charge is 0.276 e. The van der Waals surface area contributed by atoms with E-state index in [4.69, 9.17) is 5.73 Å². The molecular weight excluding hydrogens is 399 g/mol. The number of amides is 1. The van der Waals surface area contributed by atoms with Crippen molar-refractivity contribution in [1.29, 1.82) is 0 Å². The molecule has 2 N–H and O–H groups in total. The Labute approximate surface area is 176 Å². The normalized spacial score (nSPS) is 16.4. The van der Waals surface area contributed by atoms with Gasteiger partial charge in [0.15, 0.2) is 5.69 Å². The summed E-state index contributed by atoms with van der Waals surface area (Å²) in [5.41, 5.74) is 7.89. The van der Waals surface area contributed by atoms with E-state index in [9.17, 15) is 4.79 Å². The van der Waals surface area contributed by atoms with Gasteiger partial charge in [-0.05, 0) is 38.3 Å². The molecule has 1 fully saturated rings. The first kappa shape index (κ1) is 22.1. The van der Waals surface area contributed by atoms with Crippen molar-refractivity contribution >= 4 is 41.5 Å². The summed E-state index contributed by atoms with van der Waals surface area (Å²) in [7, 11) is 0. The van der Waals surface area contributed by atoms with Gasteiger partial charge >= 0.3 is 0 Å². The third-order valence-electron chi connectivity index (χ3n) is 5.14. The van der Waals surface area contributed by atoms with Crippen LogP contribution < -0.4 is 5.73 Å². The Morgan fingerprint density at radius 2 is 2.07 bits per heavy atom. The standard InChI is InChI=1S/C19H22N6O.2ClH/c1-13-18(19(26)24-10-3-2-6-15(24)11-20)22-23-25(13)17-7-4-5-14-12-21-9-8-16(14)17;;/h4-5,7-9,12,15H,2-3,6,10-11,20H2,1H3;2*1H. The second-order valence-electron chi connectivity index (χ2n) is 6.69. The number of piperidine rings is 1. The zero-order valence-electron chi connectivity index (χ0n) is 15.6. The Morgan fingerprint density at radius 3 is 2.86 bits per heavy atom. The highest BCUT2D eigenvalue weighted by Gasteiger charge is 2.30. The number of hydrogen-bond donors (Lipinski definition) is 1. The summed E-state index contributed by atoms with van der Waals surface area (Å²) in [6.07, 6.45) is 6.64. The van der Waals surface area contributed by atoms with Crippen LogP contribution in [0.3, 0.4) is 0 Å². The van der Waals surface area contributed by atoms with Crippen molar-refractivity contribution in [3.8, 4) is 5.69 Å². The summed E-state index contributed by atoms with van der Waals surface area (Å²) in [6.45, 7) is 3.09. The Bertz CT molecular complexity index is 955. The van der Waals surface area contributed by atoms with Gasteiger partial charge in [0.2, 0.25) is 0 Å². The van der Waals surface area contributed by atoms with Crippen molar-refractivity contribution in [3.05, 3.63) is 48.0 Å². The van der Waals surface area contributed by atoms with Gasteiger partial charge in [-0.25, -0.2) is 4.68 Å². The van der Waals surface area contributed by atoms with Gasteiger partial charge in [0, 0.05) is 42.3 Å². The lowest BCUT2D eigenvalue weighted by Crippen LogP contribution is -2.47. The molecule has 1 aliphatic rings. The molecule has 3 aromatic rings. The van der Waals surface area contributed by atoms with E-state index in [1.807, 2.05) is 42.3 Å². The van der Waals surface area contributed by atoms with Gasteiger partial charge in [-0.3, -0.25) is 9.78 Å². The summed E-state index contributed by atoms with van der Waals surface area (Å²) in [6, 6.07) is 7.97. The van der Waals surface area contributed by atoms with E-state index in [1.165, 1.54) is 0 Å². The Kier molecular flexibility index (Phi) is 7.35. The number of carbonyl (C=O) groups is 1. The topological polar surface area (TPSA) is 89.9 Å². The van der Waals surface area contributed by atoms with Crippen molar-refractivity contribution in [2.45, 2.75) is 32.2 Å². The summed E-state index contributed by atoms with van der Waals surface area (Å²) in [4.78, 5) is 19.1. The molecule has 1 aromatic carbocycles. The summed E-state index contributed by atoms with van der Waals surface area (Å²) in [5.74, 6) is -0.0780. The van der Waals surface area contributed by atoms with E-state index < -0.39 is 0 Å². The van der Waals surface area contributed by atoms with E-state index in [-0.39, 0.29) is 36.8 Å². The van der Waals surface area contributed by atoms with Crippen LogP contribution in [0.2, 0.25) is 0 Å². The molecule has 4 rings (SSSR count). The number of halogens is 2. The van der Waals surface area contributed by atoms with Crippen molar-refractivity contribution < 1.29 is 4.79 Å². The van der Waals surface area contributed by atoms with Crippen molar-refractivity contribution in [3.63, 3.8) is 0 Å². The maximum absolute atomic E-state index is 13.0. The van der Waals surface area contributed by atoms with Gasteiger partial charge in [-0.15, -0.1) is 29.9 Å². The van der Waals surface area contributed by atoms with Crippen LogP contribution in [0.1, 0.15) is 35.4 Å². The minimum Gasteiger partial charge on any atom is -0.333 e. The number of benzene rings is 1. The molecule has 0 spiro atoms. The van der Waals surface area contributed by atoms with Crippen LogP contribution in [0.15, 0.2) is 36.7 Å². The fourth-order valence-corrected chi connectivity index (χ4v) is 3.69. The zero-order chi connectivity index (χ0) is 18.1. The summed E-state index contributed by atoms with van der Waals surface area (Å²) < 4.78 is 1.73. The van der Waals surface area contributed by atoms with E-state index >= 15 is 0 Å². The SMILES string of the molecule is Cc1c(C(=O)N2CCCCC2CN)nnn1-c1cccc2cnccc12.Cl.Cl. The highest BCUT2D eigenvalue weighted by atomic mass is 35.5. The molecule has 150 valence electrons. The predicted molar refractivity (Wildman–Crippen MR) is 114 cm³/mol. The maximum atomic E-state index is 13.0. The summed E-state index contributed by atoms with van der Waals surface area (Å²) in [5, 5.41) is 10.5.